The number of halogens is 3. The van der Waals surface area contributed by atoms with Gasteiger partial charge in [-0.25, -0.2) is 0 Å². The van der Waals surface area contributed by atoms with Crippen LogP contribution in [0.25, 0.3) is 5.65 Å². The highest BCUT2D eigenvalue weighted by Gasteiger charge is 2.26. The van der Waals surface area contributed by atoms with Gasteiger partial charge in [0.25, 0.3) is 15.2 Å². The number of hydrogen-bond donors (Lipinski definition) is 1. The number of nitrogens with zero attached hydrogens (tertiary/aromatic N) is 4. The molecule has 3 aromatic rings. The Labute approximate surface area is 172 Å². The number of ether oxygens (including phenoxy) is 2. The molecule has 0 spiro atoms. The molecule has 0 aliphatic carbocycles. The van der Waals surface area contributed by atoms with Gasteiger partial charge in [-0.15, -0.1) is 5.10 Å². The second-order valence-corrected chi connectivity index (χ2v) is 8.36. The molecule has 0 radical (unpaired) electrons. The zero-order chi connectivity index (χ0) is 19.9. The Bertz CT molecular complexity index is 1150. The number of aryl methyl sites for hydroxylation is 1. The van der Waals surface area contributed by atoms with Gasteiger partial charge >= 0.3 is 6.01 Å². The Morgan fingerprint density at radius 2 is 1.89 bits per heavy atom. The minimum absolute atomic E-state index is 0.00868. The molecule has 144 valence electrons. The zero-order valence-electron chi connectivity index (χ0n) is 14.1. The summed E-state index contributed by atoms with van der Waals surface area (Å²) in [5, 5.41) is 3.76. The number of anilines is 1. The van der Waals surface area contributed by atoms with Gasteiger partial charge in [-0.2, -0.15) is 22.9 Å². The van der Waals surface area contributed by atoms with Gasteiger partial charge in [0.2, 0.25) is 5.88 Å². The van der Waals surface area contributed by atoms with Crippen LogP contribution < -0.4 is 14.2 Å². The maximum Gasteiger partial charge on any atom is 0.322 e. The van der Waals surface area contributed by atoms with E-state index in [0.717, 1.165) is 4.52 Å². The van der Waals surface area contributed by atoms with Gasteiger partial charge in [0.15, 0.2) is 5.65 Å². The molecule has 27 heavy (non-hydrogen) atoms. The number of methoxy groups -OCH3 is 2. The molecule has 3 rings (SSSR count). The minimum Gasteiger partial charge on any atom is -0.480 e. The van der Waals surface area contributed by atoms with E-state index in [9.17, 15) is 8.42 Å². The predicted octanol–water partition coefficient (Wildman–Crippen LogP) is 3.32. The van der Waals surface area contributed by atoms with E-state index in [-0.39, 0.29) is 33.3 Å². The van der Waals surface area contributed by atoms with Gasteiger partial charge in [0.05, 0.1) is 30.0 Å². The smallest absolute Gasteiger partial charge is 0.322 e. The Balaban J connectivity index is 2.15. The molecule has 0 atom stereocenters. The lowest BCUT2D eigenvalue weighted by atomic mass is 10.2. The van der Waals surface area contributed by atoms with Crippen LogP contribution in [0.3, 0.4) is 0 Å². The summed E-state index contributed by atoms with van der Waals surface area (Å²) in [4.78, 5) is 8.12. The molecular weight excluding hydrogens is 485 g/mol. The van der Waals surface area contributed by atoms with Crippen molar-refractivity contribution in [2.75, 3.05) is 18.9 Å². The lowest BCUT2D eigenvalue weighted by molar-refractivity contribution is 0.341. The van der Waals surface area contributed by atoms with Crippen molar-refractivity contribution in [2.45, 2.75) is 12.1 Å². The van der Waals surface area contributed by atoms with E-state index < -0.39 is 15.2 Å². The first-order valence-electron chi connectivity index (χ1n) is 7.21. The molecule has 2 aromatic heterocycles. The number of rotatable bonds is 5. The molecule has 0 fully saturated rings. The van der Waals surface area contributed by atoms with Crippen molar-refractivity contribution in [3.63, 3.8) is 0 Å². The van der Waals surface area contributed by atoms with Gasteiger partial charge in [0.1, 0.15) is 4.47 Å². The number of nitrogens with one attached hydrogen (secondary N) is 1. The molecule has 0 saturated carbocycles. The van der Waals surface area contributed by atoms with Crippen molar-refractivity contribution < 1.29 is 17.9 Å². The van der Waals surface area contributed by atoms with Gasteiger partial charge in [-0.05, 0) is 34.5 Å². The van der Waals surface area contributed by atoms with E-state index in [1.807, 2.05) is 0 Å². The summed E-state index contributed by atoms with van der Waals surface area (Å²) >= 11 is 15.5. The Morgan fingerprint density at radius 1 is 1.19 bits per heavy atom. The maximum absolute atomic E-state index is 12.8. The second-order valence-electron chi connectivity index (χ2n) is 5.21. The van der Waals surface area contributed by atoms with Gasteiger partial charge in [0, 0.05) is 0 Å². The maximum atomic E-state index is 12.8. The van der Waals surface area contributed by atoms with E-state index in [1.165, 1.54) is 20.3 Å². The number of sulfonamides is 1. The third-order valence-electron chi connectivity index (χ3n) is 3.49. The largest absolute Gasteiger partial charge is 0.480 e. The van der Waals surface area contributed by atoms with E-state index in [0.29, 0.717) is 10.0 Å². The van der Waals surface area contributed by atoms with Crippen molar-refractivity contribution >= 4 is 60.5 Å². The van der Waals surface area contributed by atoms with Crippen molar-refractivity contribution in [2.24, 2.45) is 0 Å². The molecule has 0 amide bonds. The van der Waals surface area contributed by atoms with Crippen LogP contribution in [0.4, 0.5) is 5.69 Å². The van der Waals surface area contributed by atoms with Crippen LogP contribution in [0.15, 0.2) is 21.8 Å². The van der Waals surface area contributed by atoms with E-state index >= 15 is 0 Å². The third-order valence-corrected chi connectivity index (χ3v) is 6.11. The molecular formula is C14H12BrCl2N5O4S. The van der Waals surface area contributed by atoms with E-state index in [2.05, 4.69) is 35.7 Å². The average molecular weight is 497 g/mol. The molecule has 0 aliphatic rings. The standard InChI is InChI=1S/C14H12BrCl2N5O4S/c1-6-4-5-7(16)10(9(6)17)21-27(23,24)13-18-11-8(15)12(25-2)19-14(26-3)22(11)20-13/h4-5,21H,1-3H3. The highest BCUT2D eigenvalue weighted by molar-refractivity contribution is 9.10. The van der Waals surface area contributed by atoms with Crippen LogP contribution in [0.2, 0.25) is 10.0 Å². The van der Waals surface area contributed by atoms with Crippen LogP contribution in [-0.4, -0.2) is 42.2 Å². The summed E-state index contributed by atoms with van der Waals surface area (Å²) in [5.41, 5.74) is 0.833. The zero-order valence-corrected chi connectivity index (χ0v) is 18.0. The van der Waals surface area contributed by atoms with Crippen LogP contribution in [0.5, 0.6) is 11.9 Å². The molecule has 1 aromatic carbocycles. The van der Waals surface area contributed by atoms with Crippen molar-refractivity contribution in [3.8, 4) is 11.9 Å². The summed E-state index contributed by atoms with van der Waals surface area (Å²) in [5.74, 6) is 0.161. The second kappa shape index (κ2) is 7.30. The first-order valence-corrected chi connectivity index (χ1v) is 10.2. The quantitative estimate of drug-likeness (QED) is 0.577. The fourth-order valence-electron chi connectivity index (χ4n) is 2.16. The Morgan fingerprint density at radius 3 is 2.52 bits per heavy atom. The lowest BCUT2D eigenvalue weighted by Crippen LogP contribution is -2.15. The summed E-state index contributed by atoms with van der Waals surface area (Å²) in [7, 11) is -1.45. The summed E-state index contributed by atoms with van der Waals surface area (Å²) in [6, 6.07) is 3.20. The predicted molar refractivity (Wildman–Crippen MR) is 104 cm³/mol. The Hall–Kier alpha value is -1.82. The lowest BCUT2D eigenvalue weighted by Gasteiger charge is -2.10. The van der Waals surface area contributed by atoms with Crippen molar-refractivity contribution in [1.82, 2.24) is 19.6 Å². The fraction of sp³-hybridized carbons (Fsp3) is 0.214. The van der Waals surface area contributed by atoms with Crippen molar-refractivity contribution in [3.05, 3.63) is 32.2 Å². The average Bonchev–Trinajstić information content (AvgIpc) is 3.09. The summed E-state index contributed by atoms with van der Waals surface area (Å²) in [6.45, 7) is 1.72. The van der Waals surface area contributed by atoms with Gasteiger partial charge in [-0.1, -0.05) is 29.3 Å². The van der Waals surface area contributed by atoms with Gasteiger partial charge < -0.3 is 9.47 Å². The van der Waals surface area contributed by atoms with Crippen LogP contribution in [0.1, 0.15) is 5.56 Å². The first-order chi connectivity index (χ1) is 12.7. The number of fused-ring (bicyclic) bond motifs is 1. The number of aromatic nitrogens is 4. The number of benzene rings is 1. The molecule has 0 aliphatic heterocycles. The first kappa shape index (κ1) is 19.9. The summed E-state index contributed by atoms with van der Waals surface area (Å²) < 4.78 is 39.5. The molecule has 0 unspecified atom stereocenters. The summed E-state index contributed by atoms with van der Waals surface area (Å²) in [6.07, 6.45) is 0. The SMILES string of the molecule is COc1nc(OC)n2nc(S(=O)(=O)Nc3c(Cl)ccc(C)c3Cl)nc2c1Br. The third kappa shape index (κ3) is 3.51. The minimum atomic E-state index is -4.21. The normalized spacial score (nSPS) is 11.6. The molecule has 9 nitrogen and oxygen atoms in total. The molecule has 2 heterocycles. The number of hydrogen-bond acceptors (Lipinski definition) is 7. The molecule has 0 bridgehead atoms. The van der Waals surface area contributed by atoms with Crippen LogP contribution in [-0.2, 0) is 10.0 Å². The highest BCUT2D eigenvalue weighted by Crippen LogP contribution is 2.35. The van der Waals surface area contributed by atoms with Crippen molar-refractivity contribution in [1.29, 1.82) is 0 Å². The van der Waals surface area contributed by atoms with E-state index in [1.54, 1.807) is 13.0 Å². The molecule has 0 saturated heterocycles. The van der Waals surface area contributed by atoms with E-state index in [4.69, 9.17) is 32.7 Å². The monoisotopic (exact) mass is 495 g/mol. The van der Waals surface area contributed by atoms with Crippen LogP contribution in [0, 0.1) is 6.92 Å². The highest BCUT2D eigenvalue weighted by atomic mass is 79.9. The van der Waals surface area contributed by atoms with Crippen LogP contribution >= 0.6 is 39.1 Å². The molecule has 13 heteroatoms. The fourth-order valence-corrected chi connectivity index (χ4v) is 4.21. The Kier molecular flexibility index (Phi) is 5.39. The molecule has 1 N–H and O–H groups in total. The van der Waals surface area contributed by atoms with Gasteiger partial charge in [-0.3, -0.25) is 4.72 Å². The topological polar surface area (TPSA) is 108 Å².